The third-order valence-electron chi connectivity index (χ3n) is 11.0. The van der Waals surface area contributed by atoms with Gasteiger partial charge in [0.25, 0.3) is 0 Å². The standard InChI is InChI=1S/C53H64N4/c1-8-10-14-20-41(6)52(54-7)57-53(56-38-43-23-17-13-18-24-43)49-35-45(37-55-30-29-42-21-15-11-12-16-22-42)34-48(36-49)46-26-19-25-44(32-46)33-47-28-27-40(5)31-51(47)50(9-2)39(3)4/h8,10,13-15,17-21,23-30,32,34-36,40,47,51H,6,9,11-12,16,22,31,33,37-38H2,1-5,7H3,(H,54,56,57)/b10-8-,20-14-,42-29-,55-30?/t40-,47?,51+/m1/s1. The summed E-state index contributed by atoms with van der Waals surface area (Å²) < 4.78 is 0. The maximum absolute atomic E-state index is 5.20. The molecule has 2 aliphatic rings. The Labute approximate surface area is 344 Å². The highest BCUT2D eigenvalue weighted by Crippen LogP contribution is 2.39. The molecular formula is C53H64N4. The first-order valence-corrected chi connectivity index (χ1v) is 21.0. The Morgan fingerprint density at radius 3 is 2.47 bits per heavy atom. The van der Waals surface area contributed by atoms with Crippen LogP contribution in [0.25, 0.3) is 11.1 Å². The number of rotatable bonds is 14. The van der Waals surface area contributed by atoms with Gasteiger partial charge in [0.2, 0.25) is 0 Å². The summed E-state index contributed by atoms with van der Waals surface area (Å²) in [7, 11) is 1.79. The molecule has 4 heteroatoms. The Morgan fingerprint density at radius 1 is 0.895 bits per heavy atom. The first-order valence-electron chi connectivity index (χ1n) is 21.0. The second-order valence-electron chi connectivity index (χ2n) is 15.7. The second-order valence-corrected chi connectivity index (χ2v) is 15.7. The lowest BCUT2D eigenvalue weighted by molar-refractivity contribution is 0.353. The van der Waals surface area contributed by atoms with Crippen LogP contribution in [-0.4, -0.2) is 24.9 Å². The van der Waals surface area contributed by atoms with Gasteiger partial charge in [-0.25, -0.2) is 0 Å². The van der Waals surface area contributed by atoms with Crippen LogP contribution in [0.4, 0.5) is 0 Å². The molecule has 57 heavy (non-hydrogen) atoms. The minimum absolute atomic E-state index is 0.484. The molecule has 0 amide bonds. The van der Waals surface area contributed by atoms with Crippen molar-refractivity contribution < 1.29 is 0 Å². The summed E-state index contributed by atoms with van der Waals surface area (Å²) in [4.78, 5) is 14.7. The van der Waals surface area contributed by atoms with Gasteiger partial charge in [0.15, 0.2) is 0 Å². The van der Waals surface area contributed by atoms with Crippen molar-refractivity contribution in [1.82, 2.24) is 5.32 Å². The monoisotopic (exact) mass is 757 g/mol. The van der Waals surface area contributed by atoms with Crippen molar-refractivity contribution in [2.24, 2.45) is 32.7 Å². The number of aliphatic imine (C=N–C) groups is 3. The zero-order valence-corrected chi connectivity index (χ0v) is 35.3. The van der Waals surface area contributed by atoms with E-state index in [1.807, 2.05) is 43.5 Å². The van der Waals surface area contributed by atoms with Gasteiger partial charge in [0, 0.05) is 24.4 Å². The molecule has 1 N–H and O–H groups in total. The normalized spacial score (nSPS) is 19.8. The summed E-state index contributed by atoms with van der Waals surface area (Å²) in [5.41, 5.74) is 12.2. The fraction of sp³-hybridized carbons (Fsp3) is 0.340. The van der Waals surface area contributed by atoms with Gasteiger partial charge in [-0.3, -0.25) is 15.0 Å². The maximum atomic E-state index is 5.20. The minimum Gasteiger partial charge on any atom is -0.325 e. The first kappa shape index (κ1) is 42.8. The SMILES string of the molecule is C=C(/C=C\C=C/C)C(=NC)NC(=NCc1ccccc1)c1cc(CN=C/C=C2/C=CCCCC2)cc(-c2cccc(CC3C=C[C@@H](C)C[C@@H]3C(CC)=C(C)C)c2)c1. The molecule has 0 aliphatic heterocycles. The van der Waals surface area contributed by atoms with E-state index < -0.39 is 0 Å². The van der Waals surface area contributed by atoms with E-state index in [1.54, 1.807) is 12.6 Å². The number of nitrogens with one attached hydrogen (secondary N) is 1. The Morgan fingerprint density at radius 2 is 1.70 bits per heavy atom. The van der Waals surface area contributed by atoms with E-state index in [-0.39, 0.29) is 0 Å². The van der Waals surface area contributed by atoms with Crippen molar-refractivity contribution in [3.63, 3.8) is 0 Å². The van der Waals surface area contributed by atoms with Crippen LogP contribution in [0.3, 0.4) is 0 Å². The minimum atomic E-state index is 0.484. The summed E-state index contributed by atoms with van der Waals surface area (Å²) in [5.74, 6) is 3.08. The van der Waals surface area contributed by atoms with Gasteiger partial charge in [-0.05, 0) is 141 Å². The van der Waals surface area contributed by atoms with Gasteiger partial charge in [-0.15, -0.1) is 0 Å². The van der Waals surface area contributed by atoms with E-state index in [0.29, 0.717) is 36.7 Å². The summed E-state index contributed by atoms with van der Waals surface area (Å²) >= 11 is 0. The van der Waals surface area contributed by atoms with Crippen LogP contribution in [0.15, 0.2) is 171 Å². The number of hydrogen-bond donors (Lipinski definition) is 1. The van der Waals surface area contributed by atoms with Crippen molar-refractivity contribution in [1.29, 1.82) is 0 Å². The zero-order chi connectivity index (χ0) is 40.4. The largest absolute Gasteiger partial charge is 0.325 e. The molecule has 3 aromatic rings. The van der Waals surface area contributed by atoms with E-state index in [4.69, 9.17) is 9.98 Å². The quantitative estimate of drug-likeness (QED) is 0.0757. The van der Waals surface area contributed by atoms with Gasteiger partial charge in [0.05, 0.1) is 13.1 Å². The molecule has 0 aromatic heterocycles. The van der Waals surface area contributed by atoms with Crippen molar-refractivity contribution >= 4 is 17.9 Å². The zero-order valence-electron chi connectivity index (χ0n) is 35.3. The van der Waals surface area contributed by atoms with E-state index >= 15 is 0 Å². The molecule has 2 aliphatic carbocycles. The molecule has 0 fully saturated rings. The summed E-state index contributed by atoms with van der Waals surface area (Å²) in [6, 6.07) is 26.3. The van der Waals surface area contributed by atoms with Crippen LogP contribution in [0.1, 0.15) is 95.4 Å². The predicted octanol–water partition coefficient (Wildman–Crippen LogP) is 13.4. The molecule has 0 saturated heterocycles. The van der Waals surface area contributed by atoms with Crippen molar-refractivity contribution in [3.05, 3.63) is 179 Å². The van der Waals surface area contributed by atoms with E-state index in [2.05, 4.69) is 142 Å². The number of hydrogen-bond acceptors (Lipinski definition) is 3. The fourth-order valence-electron chi connectivity index (χ4n) is 8.02. The van der Waals surface area contributed by atoms with Crippen LogP contribution in [0.2, 0.25) is 0 Å². The van der Waals surface area contributed by atoms with Gasteiger partial charge in [-0.2, -0.15) is 0 Å². The van der Waals surface area contributed by atoms with Crippen molar-refractivity contribution in [2.75, 3.05) is 7.05 Å². The van der Waals surface area contributed by atoms with Gasteiger partial charge in [0.1, 0.15) is 11.7 Å². The molecule has 0 radical (unpaired) electrons. The lowest BCUT2D eigenvalue weighted by atomic mass is 9.71. The molecule has 0 spiro atoms. The smallest absolute Gasteiger partial charge is 0.134 e. The van der Waals surface area contributed by atoms with Gasteiger partial charge in [-0.1, -0.05) is 135 Å². The third-order valence-corrected chi connectivity index (χ3v) is 11.0. The molecule has 0 saturated carbocycles. The molecule has 0 heterocycles. The van der Waals surface area contributed by atoms with Crippen LogP contribution in [0, 0.1) is 17.8 Å². The number of amidine groups is 2. The van der Waals surface area contributed by atoms with Crippen LogP contribution in [0.5, 0.6) is 0 Å². The molecule has 0 bridgehead atoms. The average molecular weight is 757 g/mol. The highest BCUT2D eigenvalue weighted by molar-refractivity contribution is 6.15. The number of allylic oxidation sites excluding steroid dienone is 11. The highest BCUT2D eigenvalue weighted by atomic mass is 15.1. The van der Waals surface area contributed by atoms with Crippen LogP contribution in [-0.2, 0) is 19.5 Å². The topological polar surface area (TPSA) is 49.1 Å². The fourth-order valence-corrected chi connectivity index (χ4v) is 8.02. The summed E-state index contributed by atoms with van der Waals surface area (Å²) in [6.07, 6.45) is 29.6. The van der Waals surface area contributed by atoms with E-state index in [9.17, 15) is 0 Å². The highest BCUT2D eigenvalue weighted by Gasteiger charge is 2.28. The molecule has 3 atom stereocenters. The maximum Gasteiger partial charge on any atom is 0.134 e. The van der Waals surface area contributed by atoms with Gasteiger partial charge < -0.3 is 5.32 Å². The first-order chi connectivity index (χ1) is 27.8. The van der Waals surface area contributed by atoms with Gasteiger partial charge >= 0.3 is 0 Å². The van der Waals surface area contributed by atoms with E-state index in [1.165, 1.54) is 41.5 Å². The Kier molecular flexibility index (Phi) is 16.8. The molecule has 5 rings (SSSR count). The second kappa shape index (κ2) is 22.4. The van der Waals surface area contributed by atoms with E-state index in [0.717, 1.165) is 59.3 Å². The summed E-state index contributed by atoms with van der Waals surface area (Å²) in [6.45, 7) is 16.7. The van der Waals surface area contributed by atoms with Crippen molar-refractivity contribution in [3.8, 4) is 11.1 Å². The Hall–Kier alpha value is -5.35. The molecule has 3 aromatic carbocycles. The Balaban J connectivity index is 1.55. The predicted molar refractivity (Wildman–Crippen MR) is 248 cm³/mol. The Bertz CT molecular complexity index is 2080. The lowest BCUT2D eigenvalue weighted by Crippen LogP contribution is -2.32. The lowest BCUT2D eigenvalue weighted by Gasteiger charge is -2.33. The number of benzene rings is 3. The third kappa shape index (κ3) is 13.1. The average Bonchev–Trinajstić information content (AvgIpc) is 3.50. The number of nitrogens with zero attached hydrogens (tertiary/aromatic N) is 3. The van der Waals surface area contributed by atoms with Crippen molar-refractivity contribution in [2.45, 2.75) is 92.7 Å². The molecular weight excluding hydrogens is 693 g/mol. The molecule has 1 unspecified atom stereocenters. The van der Waals surface area contributed by atoms with Crippen LogP contribution >= 0.6 is 0 Å². The van der Waals surface area contributed by atoms with Crippen LogP contribution < -0.4 is 5.32 Å². The summed E-state index contributed by atoms with van der Waals surface area (Å²) in [5, 5.41) is 3.60. The molecule has 296 valence electrons. The molecule has 4 nitrogen and oxygen atoms in total.